The molecule has 11 heteroatoms. The zero-order chi connectivity index (χ0) is 37.9. The van der Waals surface area contributed by atoms with E-state index >= 15 is 0 Å². The average Bonchev–Trinajstić information content (AvgIpc) is 3.83. The first kappa shape index (κ1) is 35.7. The highest BCUT2D eigenvalue weighted by Crippen LogP contribution is 2.32. The molecule has 0 atom stereocenters. The van der Waals surface area contributed by atoms with Crippen molar-refractivity contribution in [3.8, 4) is 16.9 Å². The van der Waals surface area contributed by atoms with E-state index in [0.717, 1.165) is 50.2 Å². The fourth-order valence-corrected chi connectivity index (χ4v) is 7.49. The van der Waals surface area contributed by atoms with Crippen LogP contribution in [0.15, 0.2) is 122 Å². The van der Waals surface area contributed by atoms with Crippen LogP contribution in [0.1, 0.15) is 63.9 Å². The highest BCUT2D eigenvalue weighted by Gasteiger charge is 2.27. The zero-order valence-corrected chi connectivity index (χ0v) is 31.7. The molecule has 1 aliphatic heterocycles. The first-order valence-corrected chi connectivity index (χ1v) is 19.0. The van der Waals surface area contributed by atoms with Crippen molar-refractivity contribution in [2.45, 2.75) is 52.5 Å². The lowest BCUT2D eigenvalue weighted by molar-refractivity contribution is 0.00638. The molecule has 0 fully saturated rings. The van der Waals surface area contributed by atoms with Crippen LogP contribution in [0.4, 0.5) is 10.9 Å². The first-order chi connectivity index (χ1) is 26.6. The number of rotatable bonds is 10. The Balaban J connectivity index is 1.01. The summed E-state index contributed by atoms with van der Waals surface area (Å²) < 4.78 is 14.7. The summed E-state index contributed by atoms with van der Waals surface area (Å²) in [6, 6.07) is 35.5. The molecular formula is C44H40N6O4S. The maximum absolute atomic E-state index is 13.7. The molecule has 4 aromatic carbocycles. The van der Waals surface area contributed by atoms with Crippen LogP contribution in [0.3, 0.4) is 0 Å². The van der Waals surface area contributed by atoms with Gasteiger partial charge in [-0.15, -0.1) is 0 Å². The Labute approximate surface area is 323 Å². The maximum atomic E-state index is 13.7. The third-order valence-electron chi connectivity index (χ3n) is 9.29. The number of nitrogens with one attached hydrogen (secondary N) is 1. The summed E-state index contributed by atoms with van der Waals surface area (Å²) in [5, 5.41) is 8.19. The molecule has 3 aromatic heterocycles. The van der Waals surface area contributed by atoms with Gasteiger partial charge in [-0.05, 0) is 91.9 Å². The second-order valence-electron chi connectivity index (χ2n) is 14.5. The maximum Gasteiger partial charge on any atom is 0.358 e. The number of nitrogens with zero attached hydrogens (tertiary/aromatic N) is 5. The van der Waals surface area contributed by atoms with Gasteiger partial charge in [0.05, 0.1) is 23.0 Å². The van der Waals surface area contributed by atoms with Crippen molar-refractivity contribution >= 4 is 44.4 Å². The van der Waals surface area contributed by atoms with Gasteiger partial charge in [0.2, 0.25) is 0 Å². The highest BCUT2D eigenvalue weighted by atomic mass is 32.1. The number of fused-ring (bicyclic) bond motifs is 2. The number of benzene rings is 4. The predicted octanol–water partition coefficient (Wildman–Crippen LogP) is 8.95. The number of thiazole rings is 1. The Hall–Kier alpha value is -6.33. The van der Waals surface area contributed by atoms with E-state index in [9.17, 15) is 9.59 Å². The molecule has 55 heavy (non-hydrogen) atoms. The van der Waals surface area contributed by atoms with E-state index in [-0.39, 0.29) is 11.6 Å². The smallest absolute Gasteiger partial charge is 0.358 e. The summed E-state index contributed by atoms with van der Waals surface area (Å²) in [6.45, 7) is 7.68. The highest BCUT2D eigenvalue weighted by molar-refractivity contribution is 7.22. The lowest BCUT2D eigenvalue weighted by atomic mass is 9.94. The van der Waals surface area contributed by atoms with Crippen LogP contribution in [0.5, 0.6) is 5.75 Å². The Kier molecular flexibility index (Phi) is 9.86. The van der Waals surface area contributed by atoms with E-state index in [0.29, 0.717) is 48.3 Å². The molecule has 10 nitrogen and oxygen atoms in total. The number of hydrogen-bond donors (Lipinski definition) is 1. The van der Waals surface area contributed by atoms with Crippen molar-refractivity contribution in [3.05, 3.63) is 155 Å². The van der Waals surface area contributed by atoms with Crippen molar-refractivity contribution in [3.63, 3.8) is 0 Å². The van der Waals surface area contributed by atoms with Crippen LogP contribution in [-0.4, -0.2) is 43.8 Å². The van der Waals surface area contributed by atoms with Crippen LogP contribution in [0.25, 0.3) is 21.3 Å². The Morgan fingerprint density at radius 3 is 2.45 bits per heavy atom. The van der Waals surface area contributed by atoms with Crippen LogP contribution in [0, 0.1) is 0 Å². The monoisotopic (exact) mass is 748 g/mol. The number of para-hydroxylation sites is 1. The second kappa shape index (κ2) is 15.2. The number of esters is 1. The fraction of sp³-hybridized carbons (Fsp3) is 0.205. The molecule has 0 unspecified atom stereocenters. The van der Waals surface area contributed by atoms with Gasteiger partial charge in [-0.2, -0.15) is 5.10 Å². The number of amides is 1. The normalized spacial score (nSPS) is 12.7. The van der Waals surface area contributed by atoms with Gasteiger partial charge in [0.15, 0.2) is 10.8 Å². The van der Waals surface area contributed by atoms with Gasteiger partial charge < -0.3 is 14.4 Å². The van der Waals surface area contributed by atoms with E-state index in [4.69, 9.17) is 14.5 Å². The number of pyridine rings is 1. The topological polar surface area (TPSA) is 111 Å². The molecule has 0 spiro atoms. The van der Waals surface area contributed by atoms with E-state index in [2.05, 4.69) is 26.4 Å². The molecule has 276 valence electrons. The van der Waals surface area contributed by atoms with Gasteiger partial charge in [0.1, 0.15) is 23.8 Å². The van der Waals surface area contributed by atoms with Crippen molar-refractivity contribution in [2.75, 3.05) is 16.8 Å². The SMILES string of the molecule is CC(C)(C)OC(=O)c1nc(N2CCc3cccc(C(=O)Nc4nc5ccccc5s4)c3C2)ccc1-c1cnn(Cc2ccc(OCc3ccccc3)cc2)c1. The quantitative estimate of drug-likeness (QED) is 0.138. The largest absolute Gasteiger partial charge is 0.489 e. The van der Waals surface area contributed by atoms with E-state index in [1.807, 2.05) is 135 Å². The van der Waals surface area contributed by atoms with Crippen LogP contribution in [-0.2, 0) is 30.9 Å². The third-order valence-corrected chi connectivity index (χ3v) is 10.2. The molecule has 0 saturated carbocycles. The van der Waals surface area contributed by atoms with E-state index in [1.54, 1.807) is 6.20 Å². The average molecular weight is 749 g/mol. The van der Waals surface area contributed by atoms with Crippen molar-refractivity contribution < 1.29 is 19.1 Å². The minimum atomic E-state index is -0.719. The number of aromatic nitrogens is 4. The second-order valence-corrected chi connectivity index (χ2v) is 15.5. The summed E-state index contributed by atoms with van der Waals surface area (Å²) in [7, 11) is 0. The molecule has 1 N–H and O–H groups in total. The summed E-state index contributed by atoms with van der Waals surface area (Å²) in [5.41, 5.74) is 6.51. The summed E-state index contributed by atoms with van der Waals surface area (Å²) in [6.07, 6.45) is 4.38. The van der Waals surface area contributed by atoms with Gasteiger partial charge in [0.25, 0.3) is 5.91 Å². The molecule has 4 heterocycles. The van der Waals surface area contributed by atoms with Crippen molar-refractivity contribution in [1.82, 2.24) is 19.7 Å². The number of carbonyl (C=O) groups excluding carboxylic acids is 2. The summed E-state index contributed by atoms with van der Waals surface area (Å²) in [4.78, 5) is 39.0. The Morgan fingerprint density at radius 1 is 0.855 bits per heavy atom. The minimum absolute atomic E-state index is 0.208. The molecule has 0 aliphatic carbocycles. The standard InChI is InChI=1S/C44H40N6O4S/c1-44(2,3)54-42(52)40-34(32-24-45-50(26-32)25-29-16-18-33(19-17-29)53-28-30-10-5-4-6-11-30)20-21-39(47-40)49-23-22-31-12-9-13-35(36(31)27-49)41(51)48-43-46-37-14-7-8-15-38(37)55-43/h4-21,24,26H,22-23,25,27-28H2,1-3H3,(H,46,48,51). The molecule has 0 saturated heterocycles. The summed E-state index contributed by atoms with van der Waals surface area (Å²) in [5.74, 6) is 0.693. The molecule has 0 radical (unpaired) electrons. The predicted molar refractivity (Wildman–Crippen MR) is 216 cm³/mol. The number of anilines is 2. The zero-order valence-electron chi connectivity index (χ0n) is 30.9. The van der Waals surface area contributed by atoms with E-state index in [1.165, 1.54) is 11.3 Å². The molecular weight excluding hydrogens is 709 g/mol. The van der Waals surface area contributed by atoms with E-state index < -0.39 is 11.6 Å². The molecule has 0 bridgehead atoms. The lowest BCUT2D eigenvalue weighted by Crippen LogP contribution is -2.33. The number of carbonyl (C=O) groups is 2. The fourth-order valence-electron chi connectivity index (χ4n) is 6.63. The molecule has 1 aliphatic rings. The lowest BCUT2D eigenvalue weighted by Gasteiger charge is -2.31. The van der Waals surface area contributed by atoms with Crippen LogP contribution in [0.2, 0.25) is 0 Å². The van der Waals surface area contributed by atoms with Gasteiger partial charge in [0, 0.05) is 36.0 Å². The molecule has 8 rings (SSSR count). The minimum Gasteiger partial charge on any atom is -0.489 e. The van der Waals surface area contributed by atoms with Gasteiger partial charge >= 0.3 is 5.97 Å². The van der Waals surface area contributed by atoms with Crippen LogP contribution < -0.4 is 15.0 Å². The summed E-state index contributed by atoms with van der Waals surface area (Å²) >= 11 is 1.45. The van der Waals surface area contributed by atoms with Gasteiger partial charge in [-0.1, -0.05) is 78.1 Å². The Bertz CT molecular complexity index is 2450. The van der Waals surface area contributed by atoms with Gasteiger partial charge in [-0.3, -0.25) is 14.8 Å². The first-order valence-electron chi connectivity index (χ1n) is 18.2. The molecule has 7 aromatic rings. The number of hydrogen-bond acceptors (Lipinski definition) is 9. The molecule has 1 amide bonds. The van der Waals surface area contributed by atoms with Crippen molar-refractivity contribution in [2.24, 2.45) is 0 Å². The third kappa shape index (κ3) is 8.27. The van der Waals surface area contributed by atoms with Gasteiger partial charge in [-0.25, -0.2) is 14.8 Å². The van der Waals surface area contributed by atoms with Crippen molar-refractivity contribution in [1.29, 1.82) is 0 Å². The van der Waals surface area contributed by atoms with Crippen LogP contribution >= 0.6 is 11.3 Å². The Morgan fingerprint density at radius 2 is 1.65 bits per heavy atom. The number of ether oxygens (including phenoxy) is 2.